The third-order valence-corrected chi connectivity index (χ3v) is 3.26. The monoisotopic (exact) mass is 268 g/mol. The molecule has 1 heterocycles. The maximum Gasteiger partial charge on any atom is 0.271 e. The number of hydrogen-bond acceptors (Lipinski definition) is 2. The van der Waals surface area contributed by atoms with Gasteiger partial charge in [0.2, 0.25) is 0 Å². The quantitative estimate of drug-likeness (QED) is 0.785. The first kappa shape index (κ1) is 14.3. The largest absolute Gasteiger partial charge is 0.271 e. The van der Waals surface area contributed by atoms with Crippen LogP contribution in [0.3, 0.4) is 0 Å². The molecule has 0 radical (unpaired) electrons. The van der Waals surface area contributed by atoms with Crippen LogP contribution in [0.2, 0.25) is 0 Å². The van der Waals surface area contributed by atoms with E-state index in [1.54, 1.807) is 12.3 Å². The van der Waals surface area contributed by atoms with E-state index in [4.69, 9.17) is 0 Å². The lowest BCUT2D eigenvalue weighted by molar-refractivity contribution is 0.790. The fourth-order valence-electron chi connectivity index (χ4n) is 2.10. The van der Waals surface area contributed by atoms with E-state index in [-0.39, 0.29) is 5.56 Å². The van der Waals surface area contributed by atoms with Gasteiger partial charge in [0.25, 0.3) is 5.56 Å². The Morgan fingerprint density at radius 3 is 2.30 bits per heavy atom. The van der Waals surface area contributed by atoms with E-state index >= 15 is 0 Å². The van der Waals surface area contributed by atoms with Crippen LogP contribution in [0.15, 0.2) is 46.3 Å². The van der Waals surface area contributed by atoms with E-state index in [1.165, 1.54) is 10.2 Å². The zero-order valence-corrected chi connectivity index (χ0v) is 12.4. The van der Waals surface area contributed by atoms with Crippen LogP contribution in [0.25, 0.3) is 0 Å². The van der Waals surface area contributed by atoms with E-state index in [2.05, 4.69) is 31.1 Å². The molecule has 3 heteroatoms. The van der Waals surface area contributed by atoms with Gasteiger partial charge in [-0.15, -0.1) is 0 Å². The van der Waals surface area contributed by atoms with Gasteiger partial charge in [0.1, 0.15) is 0 Å². The molecule has 0 aliphatic carbocycles. The van der Waals surface area contributed by atoms with Crippen LogP contribution in [0.1, 0.15) is 42.1 Å². The standard InChI is InChI=1S/C17H20N2O/c1-12(2)16-7-5-15(6-8-16)11-18-19-14(4)9-13(3)10-17(19)20/h5-12H,1-4H3/b18-11+. The molecule has 0 saturated carbocycles. The molecular weight excluding hydrogens is 248 g/mol. The lowest BCUT2D eigenvalue weighted by Gasteiger charge is -2.05. The molecule has 0 aliphatic rings. The molecule has 2 rings (SSSR count). The molecule has 0 spiro atoms. The first-order chi connectivity index (χ1) is 9.47. The number of aromatic nitrogens is 1. The predicted octanol–water partition coefficient (Wildman–Crippen LogP) is 3.47. The van der Waals surface area contributed by atoms with Crippen molar-refractivity contribution in [2.75, 3.05) is 0 Å². The Morgan fingerprint density at radius 2 is 1.75 bits per heavy atom. The SMILES string of the molecule is Cc1cc(C)n(/N=C/c2ccc(C(C)C)cc2)c(=O)c1. The second-order valence-corrected chi connectivity index (χ2v) is 5.39. The summed E-state index contributed by atoms with van der Waals surface area (Å²) in [5, 5.41) is 4.27. The van der Waals surface area contributed by atoms with E-state index in [0.717, 1.165) is 16.8 Å². The minimum atomic E-state index is -0.0995. The molecule has 0 unspecified atom stereocenters. The summed E-state index contributed by atoms with van der Waals surface area (Å²) >= 11 is 0. The molecule has 0 fully saturated rings. The second kappa shape index (κ2) is 5.87. The number of rotatable bonds is 3. The Bertz CT molecular complexity index is 679. The van der Waals surface area contributed by atoms with Crippen LogP contribution in [0.5, 0.6) is 0 Å². The molecule has 0 amide bonds. The van der Waals surface area contributed by atoms with Crippen LogP contribution in [-0.4, -0.2) is 10.9 Å². The third kappa shape index (κ3) is 3.23. The molecule has 0 atom stereocenters. The summed E-state index contributed by atoms with van der Waals surface area (Å²) in [5.41, 5.74) is 3.98. The Kier molecular flexibility index (Phi) is 4.18. The third-order valence-electron chi connectivity index (χ3n) is 3.26. The highest BCUT2D eigenvalue weighted by Gasteiger charge is 2.00. The van der Waals surface area contributed by atoms with Crippen molar-refractivity contribution in [3.05, 3.63) is 69.1 Å². The van der Waals surface area contributed by atoms with Crippen molar-refractivity contribution >= 4 is 6.21 Å². The molecule has 0 bridgehead atoms. The van der Waals surface area contributed by atoms with Crippen LogP contribution < -0.4 is 5.56 Å². The molecule has 0 saturated heterocycles. The van der Waals surface area contributed by atoms with Crippen molar-refractivity contribution in [2.24, 2.45) is 5.10 Å². The van der Waals surface area contributed by atoms with Crippen LogP contribution >= 0.6 is 0 Å². The van der Waals surface area contributed by atoms with E-state index < -0.39 is 0 Å². The molecule has 0 N–H and O–H groups in total. The van der Waals surface area contributed by atoms with Gasteiger partial charge in [-0.05, 0) is 42.5 Å². The maximum absolute atomic E-state index is 11.9. The van der Waals surface area contributed by atoms with Gasteiger partial charge in [0.05, 0.1) is 6.21 Å². The molecular formula is C17H20N2O. The summed E-state index contributed by atoms with van der Waals surface area (Å²) in [5.74, 6) is 0.517. The van der Waals surface area contributed by atoms with Gasteiger partial charge in [0, 0.05) is 11.8 Å². The van der Waals surface area contributed by atoms with Crippen molar-refractivity contribution in [3.63, 3.8) is 0 Å². The van der Waals surface area contributed by atoms with Gasteiger partial charge in [-0.25, -0.2) is 4.68 Å². The fraction of sp³-hybridized carbons (Fsp3) is 0.294. The fourth-order valence-corrected chi connectivity index (χ4v) is 2.10. The summed E-state index contributed by atoms with van der Waals surface area (Å²) in [6.07, 6.45) is 1.72. The molecule has 104 valence electrons. The zero-order chi connectivity index (χ0) is 14.7. The molecule has 0 aliphatic heterocycles. The van der Waals surface area contributed by atoms with Gasteiger partial charge < -0.3 is 0 Å². The van der Waals surface area contributed by atoms with Gasteiger partial charge in [-0.1, -0.05) is 38.1 Å². The molecule has 3 nitrogen and oxygen atoms in total. The predicted molar refractivity (Wildman–Crippen MR) is 83.7 cm³/mol. The average Bonchev–Trinajstić information content (AvgIpc) is 2.38. The highest BCUT2D eigenvalue weighted by Crippen LogP contribution is 2.13. The van der Waals surface area contributed by atoms with Crippen molar-refractivity contribution in [2.45, 2.75) is 33.6 Å². The van der Waals surface area contributed by atoms with Crippen molar-refractivity contribution in [1.82, 2.24) is 4.68 Å². The first-order valence-electron chi connectivity index (χ1n) is 6.82. The van der Waals surface area contributed by atoms with Crippen LogP contribution in [0, 0.1) is 13.8 Å². The molecule has 2 aromatic rings. The Balaban J connectivity index is 2.28. The molecule has 1 aromatic heterocycles. The topological polar surface area (TPSA) is 34.4 Å². The maximum atomic E-state index is 11.9. The molecule has 20 heavy (non-hydrogen) atoms. The van der Waals surface area contributed by atoms with Gasteiger partial charge >= 0.3 is 0 Å². The summed E-state index contributed by atoms with van der Waals surface area (Å²) in [6, 6.07) is 11.8. The number of aryl methyl sites for hydroxylation is 2. The summed E-state index contributed by atoms with van der Waals surface area (Å²) in [6.45, 7) is 8.12. The number of hydrogen-bond donors (Lipinski definition) is 0. The van der Waals surface area contributed by atoms with Gasteiger partial charge in [-0.2, -0.15) is 5.10 Å². The Labute approximate surface area is 119 Å². The van der Waals surface area contributed by atoms with Crippen LogP contribution in [0.4, 0.5) is 0 Å². The van der Waals surface area contributed by atoms with Gasteiger partial charge in [-0.3, -0.25) is 4.79 Å². The van der Waals surface area contributed by atoms with Crippen molar-refractivity contribution in [3.8, 4) is 0 Å². The van der Waals surface area contributed by atoms with Gasteiger partial charge in [0.15, 0.2) is 0 Å². The number of benzene rings is 1. The van der Waals surface area contributed by atoms with Crippen molar-refractivity contribution < 1.29 is 0 Å². The van der Waals surface area contributed by atoms with Crippen LogP contribution in [-0.2, 0) is 0 Å². The second-order valence-electron chi connectivity index (χ2n) is 5.39. The zero-order valence-electron chi connectivity index (χ0n) is 12.4. The minimum absolute atomic E-state index is 0.0995. The van der Waals surface area contributed by atoms with E-state index in [9.17, 15) is 4.79 Å². The Hall–Kier alpha value is -2.16. The lowest BCUT2D eigenvalue weighted by Crippen LogP contribution is -2.18. The Morgan fingerprint density at radius 1 is 1.10 bits per heavy atom. The van der Waals surface area contributed by atoms with E-state index in [0.29, 0.717) is 5.92 Å². The average molecular weight is 268 g/mol. The number of nitrogens with zero attached hydrogens (tertiary/aromatic N) is 2. The minimum Gasteiger partial charge on any atom is -0.267 e. The number of pyridine rings is 1. The summed E-state index contributed by atoms with van der Waals surface area (Å²) in [7, 11) is 0. The lowest BCUT2D eigenvalue weighted by atomic mass is 10.0. The summed E-state index contributed by atoms with van der Waals surface area (Å²) < 4.78 is 1.42. The first-order valence-corrected chi connectivity index (χ1v) is 6.82. The summed E-state index contributed by atoms with van der Waals surface area (Å²) in [4.78, 5) is 11.9. The van der Waals surface area contributed by atoms with E-state index in [1.807, 2.05) is 32.0 Å². The highest BCUT2D eigenvalue weighted by atomic mass is 16.1. The molecule has 1 aromatic carbocycles. The normalized spacial score (nSPS) is 11.4. The van der Waals surface area contributed by atoms with Crippen molar-refractivity contribution in [1.29, 1.82) is 0 Å². The highest BCUT2D eigenvalue weighted by molar-refractivity contribution is 5.79. The smallest absolute Gasteiger partial charge is 0.267 e.